The summed E-state index contributed by atoms with van der Waals surface area (Å²) in [5.74, 6) is -0.0577. The van der Waals surface area contributed by atoms with Crippen molar-refractivity contribution in [3.63, 3.8) is 0 Å². The molecule has 0 heterocycles. The zero-order valence-corrected chi connectivity index (χ0v) is 16.5. The van der Waals surface area contributed by atoms with Crippen LogP contribution in [0.25, 0.3) is 0 Å². The predicted octanol–water partition coefficient (Wildman–Crippen LogP) is 4.30. The molecule has 0 saturated heterocycles. The van der Waals surface area contributed by atoms with Crippen molar-refractivity contribution in [3.8, 4) is 0 Å². The first kappa shape index (κ1) is 24.1. The maximum Gasteiger partial charge on any atom is 0.243 e. The van der Waals surface area contributed by atoms with Gasteiger partial charge in [-0.1, -0.05) is 70.8 Å². The molecule has 4 nitrogen and oxygen atoms in total. The first-order chi connectivity index (χ1) is 12.3. The average Bonchev–Trinajstić information content (AvgIpc) is 2.63. The summed E-state index contributed by atoms with van der Waals surface area (Å²) in [6, 6.07) is 0. The predicted molar refractivity (Wildman–Crippen MR) is 110 cm³/mol. The molecule has 0 radical (unpaired) electrons. The molecule has 0 unspecified atom stereocenters. The van der Waals surface area contributed by atoms with E-state index in [9.17, 15) is 4.79 Å². The lowest BCUT2D eigenvalue weighted by atomic mass is 10.1. The van der Waals surface area contributed by atoms with Crippen molar-refractivity contribution in [1.29, 1.82) is 0 Å². The minimum Gasteiger partial charge on any atom is -0.353 e. The van der Waals surface area contributed by atoms with Gasteiger partial charge in [0.2, 0.25) is 5.91 Å². The first-order valence-electron chi connectivity index (χ1n) is 10.6. The molecule has 4 heteroatoms. The normalized spacial score (nSPS) is 10.8. The van der Waals surface area contributed by atoms with Gasteiger partial charge in [0, 0.05) is 6.54 Å². The maximum atomic E-state index is 11.0. The standard InChI is InChI=1S/C21H43N3O/c1-2-21(25)24-20-16-11-8-6-4-3-5-7-10-14-18-23-19-15-12-9-13-17-22/h2,23H,1,3-20,22H2,(H,24,25). The van der Waals surface area contributed by atoms with E-state index in [0.717, 1.165) is 19.5 Å². The molecule has 0 aliphatic heterocycles. The van der Waals surface area contributed by atoms with E-state index in [4.69, 9.17) is 5.73 Å². The van der Waals surface area contributed by atoms with E-state index in [0.29, 0.717) is 0 Å². The first-order valence-corrected chi connectivity index (χ1v) is 10.6. The van der Waals surface area contributed by atoms with Crippen molar-refractivity contribution in [2.45, 2.75) is 89.9 Å². The van der Waals surface area contributed by atoms with Gasteiger partial charge in [-0.3, -0.25) is 4.79 Å². The van der Waals surface area contributed by atoms with E-state index in [2.05, 4.69) is 17.2 Å². The number of nitrogens with two attached hydrogens (primary N) is 1. The average molecular weight is 354 g/mol. The molecule has 0 rings (SSSR count). The van der Waals surface area contributed by atoms with Gasteiger partial charge in [0.1, 0.15) is 0 Å². The number of nitrogens with one attached hydrogen (secondary N) is 2. The van der Waals surface area contributed by atoms with Crippen LogP contribution in [0.4, 0.5) is 0 Å². The molecular formula is C21H43N3O. The Morgan fingerprint density at radius 1 is 0.680 bits per heavy atom. The van der Waals surface area contributed by atoms with Crippen LogP contribution >= 0.6 is 0 Å². The molecular weight excluding hydrogens is 310 g/mol. The monoisotopic (exact) mass is 353 g/mol. The van der Waals surface area contributed by atoms with Crippen LogP contribution in [0.2, 0.25) is 0 Å². The summed E-state index contributed by atoms with van der Waals surface area (Å²) < 4.78 is 0. The Kier molecular flexibility index (Phi) is 20.4. The lowest BCUT2D eigenvalue weighted by Gasteiger charge is -2.05. The Labute approximate surface area is 156 Å². The quantitative estimate of drug-likeness (QED) is 0.226. The summed E-state index contributed by atoms with van der Waals surface area (Å²) >= 11 is 0. The minimum atomic E-state index is -0.0577. The highest BCUT2D eigenvalue weighted by molar-refractivity contribution is 5.86. The second kappa shape index (κ2) is 21.2. The second-order valence-electron chi connectivity index (χ2n) is 6.98. The van der Waals surface area contributed by atoms with Crippen molar-refractivity contribution in [3.05, 3.63) is 12.7 Å². The van der Waals surface area contributed by atoms with Crippen molar-refractivity contribution < 1.29 is 4.79 Å². The van der Waals surface area contributed by atoms with Crippen LogP contribution in [0.5, 0.6) is 0 Å². The van der Waals surface area contributed by atoms with E-state index >= 15 is 0 Å². The van der Waals surface area contributed by atoms with Crippen LogP contribution in [-0.2, 0) is 4.79 Å². The van der Waals surface area contributed by atoms with E-state index in [1.54, 1.807) is 0 Å². The molecule has 25 heavy (non-hydrogen) atoms. The summed E-state index contributed by atoms with van der Waals surface area (Å²) in [7, 11) is 0. The molecule has 0 aromatic rings. The third-order valence-corrected chi connectivity index (χ3v) is 4.57. The lowest BCUT2D eigenvalue weighted by Crippen LogP contribution is -2.21. The molecule has 0 aromatic heterocycles. The smallest absolute Gasteiger partial charge is 0.243 e. The summed E-state index contributed by atoms with van der Waals surface area (Å²) in [5, 5.41) is 6.37. The molecule has 148 valence electrons. The van der Waals surface area contributed by atoms with E-state index < -0.39 is 0 Å². The number of hydrogen-bond acceptors (Lipinski definition) is 3. The van der Waals surface area contributed by atoms with Gasteiger partial charge in [-0.15, -0.1) is 0 Å². The van der Waals surface area contributed by atoms with Gasteiger partial charge in [-0.2, -0.15) is 0 Å². The summed E-state index contributed by atoms with van der Waals surface area (Å²) in [5.41, 5.74) is 5.48. The van der Waals surface area contributed by atoms with Crippen molar-refractivity contribution in [2.75, 3.05) is 26.2 Å². The van der Waals surface area contributed by atoms with Crippen LogP contribution < -0.4 is 16.4 Å². The molecule has 0 saturated carbocycles. The molecule has 0 atom stereocenters. The Morgan fingerprint density at radius 2 is 1.08 bits per heavy atom. The summed E-state index contributed by atoms with van der Waals surface area (Å²) in [6.07, 6.45) is 19.5. The van der Waals surface area contributed by atoms with Crippen LogP contribution in [-0.4, -0.2) is 32.1 Å². The minimum absolute atomic E-state index is 0.0577. The van der Waals surface area contributed by atoms with E-state index in [1.807, 2.05) is 0 Å². The summed E-state index contributed by atoms with van der Waals surface area (Å²) in [6.45, 7) is 7.41. The van der Waals surface area contributed by atoms with E-state index in [1.165, 1.54) is 103 Å². The fourth-order valence-corrected chi connectivity index (χ4v) is 2.95. The van der Waals surface area contributed by atoms with Gasteiger partial charge >= 0.3 is 0 Å². The Bertz CT molecular complexity index is 295. The molecule has 0 aliphatic rings. The number of hydrogen-bond donors (Lipinski definition) is 3. The van der Waals surface area contributed by atoms with Gasteiger partial charge in [-0.05, 0) is 51.4 Å². The van der Waals surface area contributed by atoms with Crippen LogP contribution in [0, 0.1) is 0 Å². The highest BCUT2D eigenvalue weighted by Crippen LogP contribution is 2.10. The van der Waals surface area contributed by atoms with Crippen molar-refractivity contribution in [2.24, 2.45) is 5.73 Å². The van der Waals surface area contributed by atoms with Crippen molar-refractivity contribution in [1.82, 2.24) is 10.6 Å². The molecule has 0 fully saturated rings. The number of unbranched alkanes of at least 4 members (excludes halogenated alkanes) is 12. The lowest BCUT2D eigenvalue weighted by molar-refractivity contribution is -0.116. The van der Waals surface area contributed by atoms with E-state index in [-0.39, 0.29) is 5.91 Å². The molecule has 0 bridgehead atoms. The zero-order valence-electron chi connectivity index (χ0n) is 16.5. The van der Waals surface area contributed by atoms with Crippen LogP contribution in [0.15, 0.2) is 12.7 Å². The molecule has 0 aliphatic carbocycles. The molecule has 0 aromatic carbocycles. The maximum absolute atomic E-state index is 11.0. The zero-order chi connectivity index (χ0) is 18.4. The molecule has 0 spiro atoms. The topological polar surface area (TPSA) is 67.2 Å². The molecule has 4 N–H and O–H groups in total. The number of carbonyl (C=O) groups is 1. The second-order valence-corrected chi connectivity index (χ2v) is 6.98. The number of rotatable bonds is 20. The molecule has 1 amide bonds. The van der Waals surface area contributed by atoms with Crippen LogP contribution in [0.3, 0.4) is 0 Å². The van der Waals surface area contributed by atoms with Gasteiger partial charge in [0.05, 0.1) is 0 Å². The Hall–Kier alpha value is -0.870. The fraction of sp³-hybridized carbons (Fsp3) is 0.857. The third-order valence-electron chi connectivity index (χ3n) is 4.57. The van der Waals surface area contributed by atoms with Gasteiger partial charge in [0.15, 0.2) is 0 Å². The van der Waals surface area contributed by atoms with Gasteiger partial charge in [0.25, 0.3) is 0 Å². The highest BCUT2D eigenvalue weighted by Gasteiger charge is 1.95. The van der Waals surface area contributed by atoms with Crippen molar-refractivity contribution >= 4 is 5.91 Å². The van der Waals surface area contributed by atoms with Crippen LogP contribution in [0.1, 0.15) is 89.9 Å². The Balaban J connectivity index is 3.00. The largest absolute Gasteiger partial charge is 0.353 e. The third kappa shape index (κ3) is 21.1. The number of amides is 1. The Morgan fingerprint density at radius 3 is 1.52 bits per heavy atom. The van der Waals surface area contributed by atoms with Gasteiger partial charge < -0.3 is 16.4 Å². The van der Waals surface area contributed by atoms with Gasteiger partial charge in [-0.25, -0.2) is 0 Å². The number of carbonyl (C=O) groups excluding carboxylic acids is 1. The SMILES string of the molecule is C=CC(=O)NCCCCCCCCCCCCNCCCCCCN. The summed E-state index contributed by atoms with van der Waals surface area (Å²) in [4.78, 5) is 11.0. The fourth-order valence-electron chi connectivity index (χ4n) is 2.95. The highest BCUT2D eigenvalue weighted by atomic mass is 16.1.